The molecule has 0 amide bonds. The number of ether oxygens (including phenoxy) is 6. The van der Waals surface area contributed by atoms with Gasteiger partial charge in [0, 0.05) is 11.8 Å². The predicted molar refractivity (Wildman–Crippen MR) is 103 cm³/mol. The molecule has 2 heterocycles. The van der Waals surface area contributed by atoms with Gasteiger partial charge in [0.15, 0.2) is 11.5 Å². The minimum absolute atomic E-state index is 0.0427. The summed E-state index contributed by atoms with van der Waals surface area (Å²) in [5.41, 5.74) is 0.797. The number of rotatable bonds is 5. The second-order valence-electron chi connectivity index (χ2n) is 6.33. The minimum atomic E-state index is -0.653. The van der Waals surface area contributed by atoms with Crippen LogP contribution in [0.5, 0.6) is 23.0 Å². The van der Waals surface area contributed by atoms with Gasteiger partial charge in [0.2, 0.25) is 6.79 Å². The fourth-order valence-corrected chi connectivity index (χ4v) is 3.12. The standard InChI is InChI=1S/C21H19NO8/c1-25-20(23)16-10-27-11-22(19(16)21(24)26-2)13-3-5-14(6-4-13)30-15-7-8-17-18(9-15)29-12-28-17/h3-9H,10-12H2,1-2H3. The van der Waals surface area contributed by atoms with Crippen LogP contribution in [-0.2, 0) is 23.8 Å². The van der Waals surface area contributed by atoms with Crippen LogP contribution in [0.1, 0.15) is 0 Å². The first-order valence-corrected chi connectivity index (χ1v) is 9.03. The first kappa shape index (κ1) is 19.6. The largest absolute Gasteiger partial charge is 0.466 e. The molecule has 0 unspecified atom stereocenters. The number of carbonyl (C=O) groups is 2. The van der Waals surface area contributed by atoms with E-state index in [0.29, 0.717) is 28.7 Å². The van der Waals surface area contributed by atoms with E-state index in [0.717, 1.165) is 0 Å². The zero-order valence-corrected chi connectivity index (χ0v) is 16.4. The summed E-state index contributed by atoms with van der Waals surface area (Å²) in [7, 11) is 2.49. The Kier molecular flexibility index (Phi) is 5.44. The Morgan fingerprint density at radius 1 is 0.900 bits per heavy atom. The Labute approximate surface area is 172 Å². The molecule has 0 fully saturated rings. The average Bonchev–Trinajstić information content (AvgIpc) is 3.26. The van der Waals surface area contributed by atoms with Crippen molar-refractivity contribution < 1.29 is 38.0 Å². The van der Waals surface area contributed by atoms with Gasteiger partial charge in [-0.25, -0.2) is 9.59 Å². The fourth-order valence-electron chi connectivity index (χ4n) is 3.12. The van der Waals surface area contributed by atoms with Crippen LogP contribution in [0.2, 0.25) is 0 Å². The van der Waals surface area contributed by atoms with Crippen molar-refractivity contribution in [1.29, 1.82) is 0 Å². The molecule has 0 aromatic heterocycles. The Morgan fingerprint density at radius 2 is 1.60 bits per heavy atom. The highest BCUT2D eigenvalue weighted by molar-refractivity contribution is 6.03. The molecule has 0 saturated heterocycles. The summed E-state index contributed by atoms with van der Waals surface area (Å²) in [5, 5.41) is 0. The number of methoxy groups -OCH3 is 2. The van der Waals surface area contributed by atoms with E-state index in [1.54, 1.807) is 47.4 Å². The quantitative estimate of drug-likeness (QED) is 0.686. The lowest BCUT2D eigenvalue weighted by atomic mass is 10.1. The molecule has 0 radical (unpaired) electrons. The highest BCUT2D eigenvalue weighted by Gasteiger charge is 2.32. The highest BCUT2D eigenvalue weighted by atomic mass is 16.7. The molecule has 30 heavy (non-hydrogen) atoms. The summed E-state index contributed by atoms with van der Waals surface area (Å²) < 4.78 is 31.6. The SMILES string of the molecule is COC(=O)C1=C(C(=O)OC)N(c2ccc(Oc3ccc4c(c3)OCO4)cc2)COC1. The van der Waals surface area contributed by atoms with Crippen LogP contribution in [-0.4, -0.2) is 46.3 Å². The van der Waals surface area contributed by atoms with Crippen LogP contribution in [0, 0.1) is 0 Å². The van der Waals surface area contributed by atoms with Crippen LogP contribution in [0.4, 0.5) is 5.69 Å². The molecule has 2 aliphatic rings. The third-order valence-electron chi connectivity index (χ3n) is 4.56. The first-order chi connectivity index (χ1) is 14.6. The summed E-state index contributed by atoms with van der Waals surface area (Å²) in [4.78, 5) is 26.0. The van der Waals surface area contributed by atoms with Crippen LogP contribution in [0.25, 0.3) is 0 Å². The highest BCUT2D eigenvalue weighted by Crippen LogP contribution is 2.37. The van der Waals surface area contributed by atoms with Gasteiger partial charge in [-0.15, -0.1) is 0 Å². The van der Waals surface area contributed by atoms with Gasteiger partial charge in [0.25, 0.3) is 0 Å². The third kappa shape index (κ3) is 3.74. The van der Waals surface area contributed by atoms with Gasteiger partial charge in [-0.2, -0.15) is 0 Å². The number of hydrogen-bond donors (Lipinski definition) is 0. The van der Waals surface area contributed by atoms with Crippen molar-refractivity contribution in [2.45, 2.75) is 0 Å². The number of anilines is 1. The van der Waals surface area contributed by atoms with Crippen molar-refractivity contribution in [1.82, 2.24) is 0 Å². The lowest BCUT2D eigenvalue weighted by Gasteiger charge is -2.31. The molecule has 0 N–H and O–H groups in total. The van der Waals surface area contributed by atoms with Crippen molar-refractivity contribution in [3.63, 3.8) is 0 Å². The second-order valence-corrected chi connectivity index (χ2v) is 6.33. The van der Waals surface area contributed by atoms with Gasteiger partial charge in [-0.05, 0) is 36.4 Å². The maximum absolute atomic E-state index is 12.4. The number of esters is 2. The van der Waals surface area contributed by atoms with Crippen molar-refractivity contribution in [3.05, 3.63) is 53.7 Å². The maximum Gasteiger partial charge on any atom is 0.355 e. The van der Waals surface area contributed by atoms with Crippen molar-refractivity contribution in [2.24, 2.45) is 0 Å². The van der Waals surface area contributed by atoms with E-state index in [9.17, 15) is 9.59 Å². The Hall–Kier alpha value is -3.72. The zero-order valence-electron chi connectivity index (χ0n) is 16.4. The molecule has 0 aliphatic carbocycles. The first-order valence-electron chi connectivity index (χ1n) is 9.03. The Balaban J connectivity index is 1.58. The van der Waals surface area contributed by atoms with Gasteiger partial charge < -0.3 is 33.3 Å². The normalized spacial score (nSPS) is 15.1. The van der Waals surface area contributed by atoms with Crippen LogP contribution in [0.15, 0.2) is 53.7 Å². The zero-order chi connectivity index (χ0) is 21.1. The Morgan fingerprint density at radius 3 is 2.33 bits per heavy atom. The van der Waals surface area contributed by atoms with E-state index in [2.05, 4.69) is 0 Å². The monoisotopic (exact) mass is 413 g/mol. The molecule has 0 spiro atoms. The summed E-state index contributed by atoms with van der Waals surface area (Å²) in [6.45, 7) is 0.223. The molecule has 0 atom stereocenters. The number of benzene rings is 2. The number of hydrogen-bond acceptors (Lipinski definition) is 9. The van der Waals surface area contributed by atoms with E-state index in [1.165, 1.54) is 14.2 Å². The lowest BCUT2D eigenvalue weighted by Crippen LogP contribution is -2.38. The van der Waals surface area contributed by atoms with E-state index >= 15 is 0 Å². The molecule has 4 rings (SSSR count). The van der Waals surface area contributed by atoms with Gasteiger partial charge >= 0.3 is 11.9 Å². The smallest absolute Gasteiger partial charge is 0.355 e. The molecule has 156 valence electrons. The lowest BCUT2D eigenvalue weighted by molar-refractivity contribution is -0.140. The topological polar surface area (TPSA) is 92.8 Å². The number of nitrogens with zero attached hydrogens (tertiary/aromatic N) is 1. The van der Waals surface area contributed by atoms with Crippen LogP contribution < -0.4 is 19.1 Å². The van der Waals surface area contributed by atoms with Crippen LogP contribution >= 0.6 is 0 Å². The molecule has 2 aromatic rings. The van der Waals surface area contributed by atoms with E-state index in [-0.39, 0.29) is 31.4 Å². The van der Waals surface area contributed by atoms with Gasteiger partial charge in [0.1, 0.15) is 23.9 Å². The molecule has 0 saturated carbocycles. The van der Waals surface area contributed by atoms with Crippen molar-refractivity contribution in [2.75, 3.05) is 39.3 Å². The molecular weight excluding hydrogens is 394 g/mol. The third-order valence-corrected chi connectivity index (χ3v) is 4.56. The maximum atomic E-state index is 12.4. The minimum Gasteiger partial charge on any atom is -0.466 e. The Bertz CT molecular complexity index is 999. The van der Waals surface area contributed by atoms with E-state index in [4.69, 9.17) is 28.4 Å². The van der Waals surface area contributed by atoms with Gasteiger partial charge in [-0.1, -0.05) is 0 Å². The van der Waals surface area contributed by atoms with E-state index in [1.807, 2.05) is 0 Å². The summed E-state index contributed by atoms with van der Waals surface area (Å²) in [6.07, 6.45) is 0. The second kappa shape index (κ2) is 8.34. The molecule has 2 aliphatic heterocycles. The van der Waals surface area contributed by atoms with Crippen molar-refractivity contribution >= 4 is 17.6 Å². The van der Waals surface area contributed by atoms with Gasteiger partial charge in [0.05, 0.1) is 26.4 Å². The summed E-state index contributed by atoms with van der Waals surface area (Å²) in [5.74, 6) is 1.16. The predicted octanol–water partition coefficient (Wildman–Crippen LogP) is 2.60. The molecule has 0 bridgehead atoms. The molecule has 9 nitrogen and oxygen atoms in total. The average molecular weight is 413 g/mol. The van der Waals surface area contributed by atoms with Gasteiger partial charge in [-0.3, -0.25) is 0 Å². The summed E-state index contributed by atoms with van der Waals surface area (Å²) >= 11 is 0. The van der Waals surface area contributed by atoms with Crippen molar-refractivity contribution in [3.8, 4) is 23.0 Å². The number of fused-ring (bicyclic) bond motifs is 1. The van der Waals surface area contributed by atoms with Crippen LogP contribution in [0.3, 0.4) is 0 Å². The molecule has 9 heteroatoms. The number of carbonyl (C=O) groups excluding carboxylic acids is 2. The summed E-state index contributed by atoms with van der Waals surface area (Å²) in [6, 6.07) is 12.3. The molecular formula is C21H19NO8. The molecule has 2 aromatic carbocycles. The van der Waals surface area contributed by atoms with E-state index < -0.39 is 11.9 Å². The fraction of sp³-hybridized carbons (Fsp3) is 0.238.